The van der Waals surface area contributed by atoms with Crippen molar-refractivity contribution in [1.82, 2.24) is 0 Å². The minimum atomic E-state index is -0.755. The average molecular weight is 239 g/mol. The van der Waals surface area contributed by atoms with E-state index in [1.807, 2.05) is 0 Å². The number of carbonyl (C=O) groups is 1. The van der Waals surface area contributed by atoms with E-state index in [1.165, 1.54) is 6.07 Å². The highest BCUT2D eigenvalue weighted by atomic mass is 19.1. The van der Waals surface area contributed by atoms with Crippen LogP contribution < -0.4 is 4.90 Å². The number of nitrogens with zero attached hydrogens (tertiary/aromatic N) is 1. The van der Waals surface area contributed by atoms with Crippen molar-refractivity contribution in [3.63, 3.8) is 0 Å². The predicted octanol–water partition coefficient (Wildman–Crippen LogP) is 0.857. The molecule has 1 N–H and O–H groups in total. The van der Waals surface area contributed by atoms with Gasteiger partial charge in [-0.05, 0) is 24.6 Å². The van der Waals surface area contributed by atoms with Crippen LogP contribution in [-0.2, 0) is 9.53 Å². The zero-order chi connectivity index (χ0) is 12.4. The molecular weight excluding hydrogens is 225 g/mol. The maximum Gasteiger partial charge on any atom is 0.187 e. The monoisotopic (exact) mass is 239 g/mol. The first-order chi connectivity index (χ1) is 8.15. The Bertz CT molecular complexity index is 424. The van der Waals surface area contributed by atoms with Crippen molar-refractivity contribution >= 4 is 12.0 Å². The quantitative estimate of drug-likeness (QED) is 0.795. The summed E-state index contributed by atoms with van der Waals surface area (Å²) in [5.41, 5.74) is 1.14. The number of aliphatic hydroxyl groups excluding tert-OH is 1. The number of aryl methyl sites for hydroxylation is 1. The van der Waals surface area contributed by atoms with E-state index >= 15 is 0 Å². The molecule has 1 aromatic rings. The molecule has 4 nitrogen and oxygen atoms in total. The van der Waals surface area contributed by atoms with E-state index in [0.717, 1.165) is 0 Å². The Kier molecular flexibility index (Phi) is 3.40. The molecule has 0 aliphatic carbocycles. The second-order valence-electron chi connectivity index (χ2n) is 4.05. The average Bonchev–Trinajstić information content (AvgIpc) is 2.76. The molecule has 1 aromatic carbocycles. The van der Waals surface area contributed by atoms with Gasteiger partial charge in [-0.15, -0.1) is 0 Å². The first-order valence-electron chi connectivity index (χ1n) is 5.40. The third-order valence-electron chi connectivity index (χ3n) is 2.85. The lowest BCUT2D eigenvalue weighted by molar-refractivity contribution is -0.117. The number of hydrogen-bond acceptors (Lipinski definition) is 4. The van der Waals surface area contributed by atoms with Crippen LogP contribution in [0.3, 0.4) is 0 Å². The summed E-state index contributed by atoms with van der Waals surface area (Å²) in [5, 5.41) is 9.00. The van der Waals surface area contributed by atoms with E-state index < -0.39 is 12.3 Å². The SMILES string of the molecule is Cc1ccc(N2CC(CO)OC2C=O)cc1F. The van der Waals surface area contributed by atoms with Gasteiger partial charge < -0.3 is 14.7 Å². The van der Waals surface area contributed by atoms with Gasteiger partial charge in [-0.25, -0.2) is 4.39 Å². The Hall–Kier alpha value is -1.46. The summed E-state index contributed by atoms with van der Waals surface area (Å²) in [6.45, 7) is 1.89. The van der Waals surface area contributed by atoms with Gasteiger partial charge in [-0.3, -0.25) is 4.79 Å². The van der Waals surface area contributed by atoms with E-state index in [-0.39, 0.29) is 12.4 Å². The van der Waals surface area contributed by atoms with Crippen LogP contribution in [0.2, 0.25) is 0 Å². The highest BCUT2D eigenvalue weighted by Gasteiger charge is 2.32. The second kappa shape index (κ2) is 4.81. The molecule has 2 atom stereocenters. The van der Waals surface area contributed by atoms with E-state index in [1.54, 1.807) is 24.0 Å². The lowest BCUT2D eigenvalue weighted by Gasteiger charge is -2.21. The molecule has 5 heteroatoms. The molecule has 1 heterocycles. The molecule has 17 heavy (non-hydrogen) atoms. The van der Waals surface area contributed by atoms with Gasteiger partial charge in [-0.1, -0.05) is 6.07 Å². The summed E-state index contributed by atoms with van der Waals surface area (Å²) >= 11 is 0. The van der Waals surface area contributed by atoms with Gasteiger partial charge in [0.2, 0.25) is 0 Å². The fourth-order valence-electron chi connectivity index (χ4n) is 1.86. The number of anilines is 1. The van der Waals surface area contributed by atoms with Crippen LogP contribution in [0, 0.1) is 12.7 Å². The number of rotatable bonds is 3. The summed E-state index contributed by atoms with van der Waals surface area (Å²) in [6.07, 6.45) is -0.517. The normalized spacial score (nSPS) is 24.1. The van der Waals surface area contributed by atoms with E-state index in [2.05, 4.69) is 0 Å². The first-order valence-corrected chi connectivity index (χ1v) is 5.40. The largest absolute Gasteiger partial charge is 0.394 e. The van der Waals surface area contributed by atoms with Gasteiger partial charge in [-0.2, -0.15) is 0 Å². The molecule has 1 fully saturated rings. The molecule has 1 saturated heterocycles. The molecule has 0 amide bonds. The molecule has 1 aliphatic rings. The van der Waals surface area contributed by atoms with Crippen molar-refractivity contribution in [1.29, 1.82) is 0 Å². The van der Waals surface area contributed by atoms with Crippen molar-refractivity contribution in [2.45, 2.75) is 19.3 Å². The molecule has 2 rings (SSSR count). The summed E-state index contributed by atoms with van der Waals surface area (Å²) in [5.74, 6) is -0.320. The van der Waals surface area contributed by atoms with Crippen molar-refractivity contribution < 1.29 is 19.0 Å². The molecule has 0 saturated carbocycles. The van der Waals surface area contributed by atoms with E-state index in [9.17, 15) is 9.18 Å². The second-order valence-corrected chi connectivity index (χ2v) is 4.05. The van der Waals surface area contributed by atoms with Gasteiger partial charge in [0.25, 0.3) is 0 Å². The van der Waals surface area contributed by atoms with E-state index in [4.69, 9.17) is 9.84 Å². The van der Waals surface area contributed by atoms with Gasteiger partial charge in [0.15, 0.2) is 12.5 Å². The molecule has 0 bridgehead atoms. The van der Waals surface area contributed by atoms with Gasteiger partial charge in [0.1, 0.15) is 11.9 Å². The molecule has 0 radical (unpaired) electrons. The zero-order valence-corrected chi connectivity index (χ0v) is 9.47. The summed E-state index contributed by atoms with van der Waals surface area (Å²) < 4.78 is 18.7. The molecule has 0 aromatic heterocycles. The van der Waals surface area contributed by atoms with Gasteiger partial charge >= 0.3 is 0 Å². The maximum atomic E-state index is 13.4. The number of carbonyl (C=O) groups excluding carboxylic acids is 1. The summed E-state index contributed by atoms with van der Waals surface area (Å²) in [7, 11) is 0. The van der Waals surface area contributed by atoms with Crippen LogP contribution in [0.4, 0.5) is 10.1 Å². The van der Waals surface area contributed by atoms with Crippen LogP contribution in [-0.4, -0.2) is 36.9 Å². The van der Waals surface area contributed by atoms with E-state index in [0.29, 0.717) is 24.1 Å². The highest BCUT2D eigenvalue weighted by molar-refractivity contribution is 5.65. The molecule has 92 valence electrons. The number of halogens is 1. The highest BCUT2D eigenvalue weighted by Crippen LogP contribution is 2.25. The van der Waals surface area contributed by atoms with Crippen LogP contribution in [0.5, 0.6) is 0 Å². The van der Waals surface area contributed by atoms with Crippen LogP contribution in [0.1, 0.15) is 5.56 Å². The van der Waals surface area contributed by atoms with Crippen LogP contribution in [0.25, 0.3) is 0 Å². The number of aliphatic hydroxyl groups is 1. The van der Waals surface area contributed by atoms with Crippen molar-refractivity contribution in [2.24, 2.45) is 0 Å². The fraction of sp³-hybridized carbons (Fsp3) is 0.417. The molecule has 1 aliphatic heterocycles. The maximum absolute atomic E-state index is 13.4. The number of ether oxygens (including phenoxy) is 1. The standard InChI is InChI=1S/C12H14FNO3/c1-8-2-3-9(4-11(8)13)14-5-10(6-15)17-12(14)7-16/h2-4,7,10,12,15H,5-6H2,1H3. The van der Waals surface area contributed by atoms with Crippen LogP contribution in [0.15, 0.2) is 18.2 Å². The lowest BCUT2D eigenvalue weighted by Crippen LogP contribution is -2.31. The third-order valence-corrected chi connectivity index (χ3v) is 2.85. The van der Waals surface area contributed by atoms with Crippen molar-refractivity contribution in [3.05, 3.63) is 29.6 Å². The van der Waals surface area contributed by atoms with Gasteiger partial charge in [0.05, 0.1) is 6.61 Å². The van der Waals surface area contributed by atoms with Gasteiger partial charge in [0, 0.05) is 12.2 Å². The Morgan fingerprint density at radius 1 is 1.65 bits per heavy atom. The van der Waals surface area contributed by atoms with Crippen LogP contribution >= 0.6 is 0 Å². The Morgan fingerprint density at radius 3 is 3.00 bits per heavy atom. The summed E-state index contributed by atoms with van der Waals surface area (Å²) in [4.78, 5) is 12.5. The first kappa shape index (κ1) is 12.0. The fourth-order valence-corrected chi connectivity index (χ4v) is 1.86. The zero-order valence-electron chi connectivity index (χ0n) is 9.47. The Morgan fingerprint density at radius 2 is 2.41 bits per heavy atom. The third kappa shape index (κ3) is 2.30. The minimum Gasteiger partial charge on any atom is -0.394 e. The number of benzene rings is 1. The lowest BCUT2D eigenvalue weighted by atomic mass is 10.2. The summed E-state index contributed by atoms with van der Waals surface area (Å²) in [6, 6.07) is 4.76. The Labute approximate surface area is 98.6 Å². The van der Waals surface area contributed by atoms with Crippen molar-refractivity contribution in [2.75, 3.05) is 18.1 Å². The topological polar surface area (TPSA) is 49.8 Å². The van der Waals surface area contributed by atoms with Crippen molar-refractivity contribution in [3.8, 4) is 0 Å². The molecular formula is C12H14FNO3. The predicted molar refractivity (Wildman–Crippen MR) is 60.3 cm³/mol. The number of aldehydes is 1. The number of hydrogen-bond donors (Lipinski definition) is 1. The molecule has 0 spiro atoms. The smallest absolute Gasteiger partial charge is 0.187 e. The Balaban J connectivity index is 2.25. The minimum absolute atomic E-state index is 0.158. The molecule has 2 unspecified atom stereocenters.